The Kier molecular flexibility index (Phi) is 3.90. The predicted octanol–water partition coefficient (Wildman–Crippen LogP) is 1.27. The van der Waals surface area contributed by atoms with Crippen molar-refractivity contribution >= 4 is 15.7 Å². The van der Waals surface area contributed by atoms with Crippen molar-refractivity contribution in [1.29, 1.82) is 0 Å². The summed E-state index contributed by atoms with van der Waals surface area (Å²) in [4.78, 5) is 2.03. The lowest BCUT2D eigenvalue weighted by Gasteiger charge is -2.25. The Labute approximate surface area is 124 Å². The molecule has 1 aromatic rings. The molecule has 2 fully saturated rings. The van der Waals surface area contributed by atoms with Gasteiger partial charge in [-0.3, -0.25) is 4.90 Å². The van der Waals surface area contributed by atoms with Crippen LogP contribution >= 0.6 is 0 Å². The summed E-state index contributed by atoms with van der Waals surface area (Å²) in [6.07, 6.45) is 2.89. The Balaban J connectivity index is 1.92. The average Bonchev–Trinajstić information content (AvgIpc) is 2.78. The molecule has 2 aliphatic heterocycles. The minimum atomic E-state index is -3.83. The summed E-state index contributed by atoms with van der Waals surface area (Å²) in [5, 5.41) is 0. The van der Waals surface area contributed by atoms with Gasteiger partial charge in [-0.2, -0.15) is 4.31 Å². The van der Waals surface area contributed by atoms with Crippen LogP contribution in [0.25, 0.3) is 0 Å². The summed E-state index contributed by atoms with van der Waals surface area (Å²) in [6, 6.07) is 3.95. The second-order valence-corrected chi connectivity index (χ2v) is 7.64. The first-order valence-electron chi connectivity index (χ1n) is 7.28. The molecule has 2 aliphatic rings. The number of benzene rings is 1. The molecule has 2 heterocycles. The fraction of sp³-hybridized carbons (Fsp3) is 0.571. The Morgan fingerprint density at radius 2 is 1.95 bits per heavy atom. The van der Waals surface area contributed by atoms with Crippen LogP contribution < -0.4 is 5.73 Å². The van der Waals surface area contributed by atoms with Gasteiger partial charge < -0.3 is 5.73 Å². The summed E-state index contributed by atoms with van der Waals surface area (Å²) in [5.74, 6) is -0.739. The van der Waals surface area contributed by atoms with Crippen LogP contribution in [0, 0.1) is 5.82 Å². The summed E-state index contributed by atoms with van der Waals surface area (Å²) < 4.78 is 40.8. The van der Waals surface area contributed by atoms with Crippen LogP contribution in [0.5, 0.6) is 0 Å². The number of fused-ring (bicyclic) bond motifs is 1. The molecule has 0 bridgehead atoms. The normalized spacial score (nSPS) is 24.7. The Bertz CT molecular complexity index is 635. The maximum absolute atomic E-state index is 13.9. The third-order valence-electron chi connectivity index (χ3n) is 4.34. The lowest BCUT2D eigenvalue weighted by Crippen LogP contribution is -2.39. The quantitative estimate of drug-likeness (QED) is 0.835. The van der Waals surface area contributed by atoms with Crippen molar-refractivity contribution in [3.8, 4) is 0 Å². The number of rotatable bonds is 2. The topological polar surface area (TPSA) is 66.6 Å². The molecule has 1 unspecified atom stereocenters. The van der Waals surface area contributed by atoms with Crippen molar-refractivity contribution in [2.45, 2.75) is 30.2 Å². The van der Waals surface area contributed by atoms with Crippen LogP contribution in [0.15, 0.2) is 23.1 Å². The van der Waals surface area contributed by atoms with Crippen molar-refractivity contribution in [2.24, 2.45) is 0 Å². The fourth-order valence-corrected chi connectivity index (χ4v) is 4.86. The molecule has 5 nitrogen and oxygen atoms in total. The SMILES string of the molecule is Nc1ccc(F)c(S(=O)(=O)N2CCCN3CCCC3C2)c1. The van der Waals surface area contributed by atoms with E-state index in [9.17, 15) is 12.8 Å². The molecule has 3 rings (SSSR count). The van der Waals surface area contributed by atoms with E-state index in [4.69, 9.17) is 5.73 Å². The van der Waals surface area contributed by atoms with Crippen LogP contribution in [0.1, 0.15) is 19.3 Å². The van der Waals surface area contributed by atoms with Gasteiger partial charge >= 0.3 is 0 Å². The average molecular weight is 313 g/mol. The monoisotopic (exact) mass is 313 g/mol. The van der Waals surface area contributed by atoms with Gasteiger partial charge in [0, 0.05) is 24.8 Å². The first kappa shape index (κ1) is 14.7. The summed E-state index contributed by atoms with van der Waals surface area (Å²) in [6.45, 7) is 2.82. The number of hydrogen-bond donors (Lipinski definition) is 1. The van der Waals surface area contributed by atoms with E-state index in [2.05, 4.69) is 4.90 Å². The molecular formula is C14H20FN3O2S. The molecule has 0 radical (unpaired) electrons. The highest BCUT2D eigenvalue weighted by molar-refractivity contribution is 7.89. The van der Waals surface area contributed by atoms with E-state index in [0.29, 0.717) is 13.1 Å². The lowest BCUT2D eigenvalue weighted by molar-refractivity contribution is 0.257. The highest BCUT2D eigenvalue weighted by Crippen LogP contribution is 2.27. The first-order valence-corrected chi connectivity index (χ1v) is 8.72. The van der Waals surface area contributed by atoms with Crippen LogP contribution in [0.2, 0.25) is 0 Å². The molecule has 2 saturated heterocycles. The van der Waals surface area contributed by atoms with Crippen molar-refractivity contribution in [3.63, 3.8) is 0 Å². The van der Waals surface area contributed by atoms with Gasteiger partial charge in [0.25, 0.3) is 0 Å². The van der Waals surface area contributed by atoms with Crippen molar-refractivity contribution in [3.05, 3.63) is 24.0 Å². The fourth-order valence-electron chi connectivity index (χ4n) is 3.25. The first-order chi connectivity index (χ1) is 9.98. The summed E-state index contributed by atoms with van der Waals surface area (Å²) >= 11 is 0. The van der Waals surface area contributed by atoms with E-state index in [1.807, 2.05) is 0 Å². The van der Waals surface area contributed by atoms with Gasteiger partial charge in [-0.25, -0.2) is 12.8 Å². The number of nitrogen functional groups attached to an aromatic ring is 1. The van der Waals surface area contributed by atoms with Gasteiger partial charge in [0.2, 0.25) is 10.0 Å². The van der Waals surface area contributed by atoms with Gasteiger partial charge in [0.1, 0.15) is 10.7 Å². The van der Waals surface area contributed by atoms with Crippen LogP contribution in [-0.4, -0.2) is 49.8 Å². The van der Waals surface area contributed by atoms with E-state index < -0.39 is 15.8 Å². The molecule has 2 N–H and O–H groups in total. The highest BCUT2D eigenvalue weighted by Gasteiger charge is 2.35. The molecule has 7 heteroatoms. The minimum absolute atomic E-state index is 0.256. The zero-order chi connectivity index (χ0) is 15.0. The van der Waals surface area contributed by atoms with Crippen LogP contribution in [0.4, 0.5) is 10.1 Å². The van der Waals surface area contributed by atoms with Gasteiger partial charge in [0.15, 0.2) is 0 Å². The Morgan fingerprint density at radius 1 is 1.19 bits per heavy atom. The molecule has 0 aromatic heterocycles. The molecular weight excluding hydrogens is 293 g/mol. The van der Waals surface area contributed by atoms with Gasteiger partial charge in [-0.1, -0.05) is 0 Å². The standard InChI is InChI=1S/C14H20FN3O2S/c15-13-5-4-11(16)9-14(13)21(19,20)18-8-2-7-17-6-1-3-12(17)10-18/h4-5,9,12H,1-3,6-8,10,16H2. The molecule has 1 aromatic carbocycles. The highest BCUT2D eigenvalue weighted by atomic mass is 32.2. The number of sulfonamides is 1. The predicted molar refractivity (Wildman–Crippen MR) is 78.8 cm³/mol. The lowest BCUT2D eigenvalue weighted by atomic mass is 10.2. The van der Waals surface area contributed by atoms with Crippen molar-refractivity contribution in [1.82, 2.24) is 9.21 Å². The van der Waals surface area contributed by atoms with Gasteiger partial charge in [-0.15, -0.1) is 0 Å². The summed E-state index contributed by atoms with van der Waals surface area (Å²) in [5.41, 5.74) is 5.87. The van der Waals surface area contributed by atoms with E-state index in [-0.39, 0.29) is 16.6 Å². The maximum Gasteiger partial charge on any atom is 0.246 e. The molecule has 0 amide bonds. The maximum atomic E-state index is 13.9. The van der Waals surface area contributed by atoms with Crippen LogP contribution in [-0.2, 0) is 10.0 Å². The smallest absolute Gasteiger partial charge is 0.246 e. The minimum Gasteiger partial charge on any atom is -0.399 e. The molecule has 21 heavy (non-hydrogen) atoms. The van der Waals surface area contributed by atoms with Crippen molar-refractivity contribution in [2.75, 3.05) is 31.9 Å². The Morgan fingerprint density at radius 3 is 2.76 bits per heavy atom. The molecule has 0 aliphatic carbocycles. The van der Waals surface area contributed by atoms with Gasteiger partial charge in [-0.05, 0) is 50.6 Å². The molecule has 1 atom stereocenters. The molecule has 0 spiro atoms. The number of halogens is 1. The third-order valence-corrected chi connectivity index (χ3v) is 6.22. The van der Waals surface area contributed by atoms with E-state index in [1.165, 1.54) is 16.4 Å². The largest absolute Gasteiger partial charge is 0.399 e. The van der Waals surface area contributed by atoms with E-state index in [0.717, 1.165) is 38.4 Å². The van der Waals surface area contributed by atoms with E-state index in [1.54, 1.807) is 0 Å². The molecule has 0 saturated carbocycles. The number of hydrogen-bond acceptors (Lipinski definition) is 4. The third kappa shape index (κ3) is 2.77. The number of anilines is 1. The summed E-state index contributed by atoms with van der Waals surface area (Å²) in [7, 11) is -3.83. The molecule has 116 valence electrons. The zero-order valence-corrected chi connectivity index (χ0v) is 12.7. The van der Waals surface area contributed by atoms with Crippen molar-refractivity contribution < 1.29 is 12.8 Å². The second kappa shape index (κ2) is 5.55. The van der Waals surface area contributed by atoms with Gasteiger partial charge in [0.05, 0.1) is 0 Å². The van der Waals surface area contributed by atoms with E-state index >= 15 is 0 Å². The second-order valence-electron chi connectivity index (χ2n) is 5.74. The number of nitrogens with zero attached hydrogens (tertiary/aromatic N) is 2. The number of nitrogens with two attached hydrogens (primary N) is 1. The zero-order valence-electron chi connectivity index (χ0n) is 11.8. The Hall–Kier alpha value is -1.18. The van der Waals surface area contributed by atoms with Crippen LogP contribution in [0.3, 0.4) is 0 Å².